The number of hydrogen-bond donors (Lipinski definition) is 1. The summed E-state index contributed by atoms with van der Waals surface area (Å²) in [4.78, 5) is 0. The van der Waals surface area contributed by atoms with Crippen molar-refractivity contribution in [1.82, 2.24) is 5.32 Å². The van der Waals surface area contributed by atoms with E-state index in [1.54, 1.807) is 0 Å². The Labute approximate surface area is 86.5 Å². The summed E-state index contributed by atoms with van der Waals surface area (Å²) in [6, 6.07) is 11.5. The highest BCUT2D eigenvalue weighted by Crippen LogP contribution is 2.20. The highest BCUT2D eigenvalue weighted by molar-refractivity contribution is 5.15. The van der Waals surface area contributed by atoms with Gasteiger partial charge in [-0.1, -0.05) is 30.3 Å². The minimum Gasteiger partial charge on any atom is -0.314 e. The Hall–Kier alpha value is -0.820. The molecule has 0 saturated carbocycles. The number of benzene rings is 1. The number of piperidine rings is 1. The summed E-state index contributed by atoms with van der Waals surface area (Å²) in [6.07, 6.45) is 3.94. The van der Waals surface area contributed by atoms with Crippen LogP contribution < -0.4 is 5.32 Å². The Balaban J connectivity index is 1.96. The number of nitrogens with one attached hydrogen (secondary N) is 1. The Bertz CT molecular complexity index is 268. The minimum atomic E-state index is 0.684. The molecule has 1 aromatic rings. The molecule has 0 bridgehead atoms. The fourth-order valence-electron chi connectivity index (χ4n) is 2.31. The predicted molar refractivity (Wildman–Crippen MR) is 60.3 cm³/mol. The van der Waals surface area contributed by atoms with Crippen molar-refractivity contribution in [3.63, 3.8) is 0 Å². The van der Waals surface area contributed by atoms with Gasteiger partial charge >= 0.3 is 0 Å². The molecule has 0 spiro atoms. The van der Waals surface area contributed by atoms with Crippen molar-refractivity contribution in [2.75, 3.05) is 6.54 Å². The molecule has 76 valence electrons. The SMILES string of the molecule is CC1NCCCC1Cc1ccccc1. The molecule has 14 heavy (non-hydrogen) atoms. The second kappa shape index (κ2) is 4.61. The zero-order chi connectivity index (χ0) is 9.80. The van der Waals surface area contributed by atoms with Crippen molar-refractivity contribution < 1.29 is 0 Å². The van der Waals surface area contributed by atoms with Gasteiger partial charge in [-0.2, -0.15) is 0 Å². The molecular weight excluding hydrogens is 170 g/mol. The third kappa shape index (κ3) is 2.36. The third-order valence-corrected chi connectivity index (χ3v) is 3.27. The largest absolute Gasteiger partial charge is 0.314 e. The van der Waals surface area contributed by atoms with Crippen LogP contribution in [0.5, 0.6) is 0 Å². The van der Waals surface area contributed by atoms with E-state index in [9.17, 15) is 0 Å². The first-order chi connectivity index (χ1) is 6.86. The smallest absolute Gasteiger partial charge is 0.00701 e. The topological polar surface area (TPSA) is 12.0 Å². The molecule has 2 unspecified atom stereocenters. The summed E-state index contributed by atoms with van der Waals surface area (Å²) >= 11 is 0. The van der Waals surface area contributed by atoms with E-state index in [4.69, 9.17) is 0 Å². The van der Waals surface area contributed by atoms with Crippen molar-refractivity contribution in [3.05, 3.63) is 35.9 Å². The molecule has 1 fully saturated rings. The first-order valence-corrected chi connectivity index (χ1v) is 5.63. The Kier molecular flexibility index (Phi) is 3.20. The Morgan fingerprint density at radius 2 is 2.07 bits per heavy atom. The average molecular weight is 189 g/mol. The van der Waals surface area contributed by atoms with Crippen molar-refractivity contribution in [1.29, 1.82) is 0 Å². The summed E-state index contributed by atoms with van der Waals surface area (Å²) in [6.45, 7) is 3.51. The van der Waals surface area contributed by atoms with Crippen LogP contribution in [0, 0.1) is 5.92 Å². The van der Waals surface area contributed by atoms with Gasteiger partial charge in [0.15, 0.2) is 0 Å². The lowest BCUT2D eigenvalue weighted by atomic mass is 9.86. The van der Waals surface area contributed by atoms with Gasteiger partial charge in [0.05, 0.1) is 0 Å². The quantitative estimate of drug-likeness (QED) is 0.754. The summed E-state index contributed by atoms with van der Waals surface area (Å²) in [5.41, 5.74) is 1.48. The number of hydrogen-bond acceptors (Lipinski definition) is 1. The van der Waals surface area contributed by atoms with Gasteiger partial charge < -0.3 is 5.32 Å². The van der Waals surface area contributed by atoms with Gasteiger partial charge in [-0.3, -0.25) is 0 Å². The molecule has 1 N–H and O–H groups in total. The molecule has 2 atom stereocenters. The minimum absolute atomic E-state index is 0.684. The molecule has 1 nitrogen and oxygen atoms in total. The van der Waals surface area contributed by atoms with E-state index in [1.807, 2.05) is 0 Å². The first kappa shape index (κ1) is 9.72. The van der Waals surface area contributed by atoms with Crippen LogP contribution in [0.1, 0.15) is 25.3 Å². The molecule has 1 aliphatic heterocycles. The molecule has 0 aliphatic carbocycles. The monoisotopic (exact) mass is 189 g/mol. The second-order valence-electron chi connectivity index (χ2n) is 4.33. The van der Waals surface area contributed by atoms with Crippen LogP contribution >= 0.6 is 0 Å². The van der Waals surface area contributed by atoms with Crippen LogP contribution in [0.2, 0.25) is 0 Å². The van der Waals surface area contributed by atoms with Gasteiger partial charge in [-0.15, -0.1) is 0 Å². The highest BCUT2D eigenvalue weighted by atomic mass is 14.9. The lowest BCUT2D eigenvalue weighted by Gasteiger charge is -2.30. The molecule has 0 radical (unpaired) electrons. The maximum absolute atomic E-state index is 3.55. The lowest BCUT2D eigenvalue weighted by Crippen LogP contribution is -2.39. The number of rotatable bonds is 2. The molecule has 1 heterocycles. The average Bonchev–Trinajstić information content (AvgIpc) is 2.23. The summed E-state index contributed by atoms with van der Waals surface area (Å²) in [5, 5.41) is 3.55. The highest BCUT2D eigenvalue weighted by Gasteiger charge is 2.20. The lowest BCUT2D eigenvalue weighted by molar-refractivity contribution is 0.295. The van der Waals surface area contributed by atoms with Crippen molar-refractivity contribution in [3.8, 4) is 0 Å². The Morgan fingerprint density at radius 1 is 1.29 bits per heavy atom. The van der Waals surface area contributed by atoms with E-state index in [0.717, 1.165) is 5.92 Å². The van der Waals surface area contributed by atoms with Crippen molar-refractivity contribution >= 4 is 0 Å². The van der Waals surface area contributed by atoms with Gasteiger partial charge in [0.2, 0.25) is 0 Å². The van der Waals surface area contributed by atoms with Crippen LogP contribution in [0.3, 0.4) is 0 Å². The summed E-state index contributed by atoms with van der Waals surface area (Å²) in [5.74, 6) is 0.825. The van der Waals surface area contributed by atoms with Crippen LogP contribution in [0.15, 0.2) is 30.3 Å². The van der Waals surface area contributed by atoms with E-state index in [-0.39, 0.29) is 0 Å². The summed E-state index contributed by atoms with van der Waals surface area (Å²) < 4.78 is 0. The normalized spacial score (nSPS) is 27.5. The molecule has 0 aromatic heterocycles. The van der Waals surface area contributed by atoms with Crippen LogP contribution in [0.4, 0.5) is 0 Å². The van der Waals surface area contributed by atoms with Crippen LogP contribution in [-0.4, -0.2) is 12.6 Å². The van der Waals surface area contributed by atoms with E-state index in [1.165, 1.54) is 31.4 Å². The van der Waals surface area contributed by atoms with Gasteiger partial charge in [0, 0.05) is 6.04 Å². The van der Waals surface area contributed by atoms with Crippen molar-refractivity contribution in [2.45, 2.75) is 32.2 Å². The third-order valence-electron chi connectivity index (χ3n) is 3.27. The maximum Gasteiger partial charge on any atom is 0.00701 e. The predicted octanol–water partition coefficient (Wildman–Crippen LogP) is 2.62. The van der Waals surface area contributed by atoms with Crippen LogP contribution in [-0.2, 0) is 6.42 Å². The molecule has 0 amide bonds. The molecule has 1 aliphatic rings. The molecule has 1 aromatic carbocycles. The second-order valence-corrected chi connectivity index (χ2v) is 4.33. The van der Waals surface area contributed by atoms with E-state index in [0.29, 0.717) is 6.04 Å². The zero-order valence-electron chi connectivity index (χ0n) is 8.87. The zero-order valence-corrected chi connectivity index (χ0v) is 8.87. The van der Waals surface area contributed by atoms with Crippen molar-refractivity contribution in [2.24, 2.45) is 5.92 Å². The molecule has 1 saturated heterocycles. The maximum atomic E-state index is 3.55. The van der Waals surface area contributed by atoms with E-state index in [2.05, 4.69) is 42.6 Å². The van der Waals surface area contributed by atoms with E-state index >= 15 is 0 Å². The summed E-state index contributed by atoms with van der Waals surface area (Å²) in [7, 11) is 0. The standard InChI is InChI=1S/C13H19N/c1-11-13(8-5-9-14-11)10-12-6-3-2-4-7-12/h2-4,6-7,11,13-14H,5,8-10H2,1H3. The van der Waals surface area contributed by atoms with Crippen LogP contribution in [0.25, 0.3) is 0 Å². The van der Waals surface area contributed by atoms with Gasteiger partial charge in [0.1, 0.15) is 0 Å². The van der Waals surface area contributed by atoms with Gasteiger partial charge in [-0.05, 0) is 44.2 Å². The van der Waals surface area contributed by atoms with Gasteiger partial charge in [0.25, 0.3) is 0 Å². The Morgan fingerprint density at radius 3 is 2.79 bits per heavy atom. The van der Waals surface area contributed by atoms with Gasteiger partial charge in [-0.25, -0.2) is 0 Å². The first-order valence-electron chi connectivity index (χ1n) is 5.63. The fourth-order valence-corrected chi connectivity index (χ4v) is 2.31. The molecule has 1 heteroatoms. The van der Waals surface area contributed by atoms with E-state index < -0.39 is 0 Å². The molecule has 2 rings (SSSR count). The molecular formula is C13H19N. The fraction of sp³-hybridized carbons (Fsp3) is 0.538.